The zero-order valence-electron chi connectivity index (χ0n) is 10.00. The molecule has 1 unspecified atom stereocenters. The first-order chi connectivity index (χ1) is 8.02. The lowest BCUT2D eigenvalue weighted by atomic mass is 10.2. The lowest BCUT2D eigenvalue weighted by molar-refractivity contribution is -0.123. The lowest BCUT2D eigenvalue weighted by Crippen LogP contribution is -2.35. The molecule has 0 saturated heterocycles. The molecule has 1 amide bonds. The van der Waals surface area contributed by atoms with Crippen molar-refractivity contribution in [3.63, 3.8) is 0 Å². The van der Waals surface area contributed by atoms with E-state index in [-0.39, 0.29) is 18.6 Å². The van der Waals surface area contributed by atoms with E-state index in [4.69, 9.17) is 10.5 Å². The molecule has 1 aromatic rings. The first kappa shape index (κ1) is 13.8. The van der Waals surface area contributed by atoms with Gasteiger partial charge in [-0.3, -0.25) is 4.79 Å². The molecule has 5 heteroatoms. The maximum absolute atomic E-state index is 11.5. The Labute approximate surface area is 110 Å². The minimum atomic E-state index is -0.131. The number of hydrogen-bond donors (Lipinski definition) is 2. The van der Waals surface area contributed by atoms with Crippen LogP contribution in [-0.2, 0) is 4.79 Å². The molecular weight excluding hydrogens is 284 g/mol. The van der Waals surface area contributed by atoms with Gasteiger partial charge in [0.1, 0.15) is 5.75 Å². The summed E-state index contributed by atoms with van der Waals surface area (Å²) < 4.78 is 6.17. The van der Waals surface area contributed by atoms with E-state index in [0.717, 1.165) is 10.9 Å². The van der Waals surface area contributed by atoms with Gasteiger partial charge in [-0.2, -0.15) is 0 Å². The number of rotatable bonds is 5. The molecule has 0 aromatic heterocycles. The van der Waals surface area contributed by atoms with Gasteiger partial charge in [-0.15, -0.1) is 0 Å². The van der Waals surface area contributed by atoms with Crippen LogP contribution in [0, 0.1) is 0 Å². The van der Waals surface area contributed by atoms with E-state index in [9.17, 15) is 4.79 Å². The van der Waals surface area contributed by atoms with Gasteiger partial charge in [0.05, 0.1) is 4.47 Å². The van der Waals surface area contributed by atoms with Crippen LogP contribution in [0.15, 0.2) is 22.7 Å². The number of anilines is 1. The Hall–Kier alpha value is -1.23. The molecule has 1 atom stereocenters. The second kappa shape index (κ2) is 6.49. The Balaban J connectivity index is 2.50. The molecule has 0 saturated carbocycles. The van der Waals surface area contributed by atoms with Gasteiger partial charge in [0.15, 0.2) is 6.61 Å². The van der Waals surface area contributed by atoms with E-state index in [1.807, 2.05) is 13.8 Å². The molecular formula is C12H17BrN2O2. The Morgan fingerprint density at radius 1 is 1.59 bits per heavy atom. The van der Waals surface area contributed by atoms with Crippen molar-refractivity contribution in [1.29, 1.82) is 0 Å². The molecule has 1 aromatic carbocycles. The van der Waals surface area contributed by atoms with Gasteiger partial charge >= 0.3 is 0 Å². The molecule has 0 aliphatic carbocycles. The van der Waals surface area contributed by atoms with Crippen molar-refractivity contribution < 1.29 is 9.53 Å². The average Bonchev–Trinajstić information content (AvgIpc) is 2.30. The molecule has 1 rings (SSSR count). The Morgan fingerprint density at radius 2 is 2.29 bits per heavy atom. The fourth-order valence-electron chi connectivity index (χ4n) is 1.19. The van der Waals surface area contributed by atoms with Crippen LogP contribution in [-0.4, -0.2) is 18.6 Å². The van der Waals surface area contributed by atoms with Crippen molar-refractivity contribution in [2.24, 2.45) is 0 Å². The fourth-order valence-corrected chi connectivity index (χ4v) is 1.55. The number of amides is 1. The summed E-state index contributed by atoms with van der Waals surface area (Å²) in [6, 6.07) is 5.39. The number of nitrogens with one attached hydrogen (secondary N) is 1. The normalized spacial score (nSPS) is 11.9. The van der Waals surface area contributed by atoms with Crippen LogP contribution in [0.25, 0.3) is 0 Å². The highest BCUT2D eigenvalue weighted by molar-refractivity contribution is 9.10. The topological polar surface area (TPSA) is 64.3 Å². The largest absolute Gasteiger partial charge is 0.483 e. The molecule has 0 radical (unpaired) electrons. The summed E-state index contributed by atoms with van der Waals surface area (Å²) >= 11 is 3.33. The Bertz CT molecular complexity index is 396. The minimum Gasteiger partial charge on any atom is -0.483 e. The number of carbonyl (C=O) groups excluding carboxylic acids is 1. The predicted molar refractivity (Wildman–Crippen MR) is 71.9 cm³/mol. The Kier molecular flexibility index (Phi) is 5.28. The van der Waals surface area contributed by atoms with Gasteiger partial charge in [-0.25, -0.2) is 0 Å². The van der Waals surface area contributed by atoms with Crippen LogP contribution in [0.2, 0.25) is 0 Å². The van der Waals surface area contributed by atoms with E-state index in [1.54, 1.807) is 18.2 Å². The molecule has 0 aliphatic heterocycles. The standard InChI is InChI=1S/C12H17BrN2O2/c1-3-8(2)15-12(16)7-17-11-6-9(14)4-5-10(11)13/h4-6,8H,3,7,14H2,1-2H3,(H,15,16). The number of nitrogens with two attached hydrogens (primary N) is 1. The van der Waals surface area contributed by atoms with Crippen LogP contribution in [0.4, 0.5) is 5.69 Å². The third-order valence-corrected chi connectivity index (χ3v) is 2.99. The second-order valence-electron chi connectivity index (χ2n) is 3.86. The quantitative estimate of drug-likeness (QED) is 0.820. The van der Waals surface area contributed by atoms with Crippen molar-refractivity contribution in [2.45, 2.75) is 26.3 Å². The van der Waals surface area contributed by atoms with E-state index in [1.165, 1.54) is 0 Å². The summed E-state index contributed by atoms with van der Waals surface area (Å²) in [5.41, 5.74) is 6.24. The summed E-state index contributed by atoms with van der Waals surface area (Å²) in [5, 5.41) is 2.82. The molecule has 17 heavy (non-hydrogen) atoms. The molecule has 0 aliphatic rings. The van der Waals surface area contributed by atoms with E-state index in [0.29, 0.717) is 11.4 Å². The third-order valence-electron chi connectivity index (χ3n) is 2.33. The van der Waals surface area contributed by atoms with Crippen molar-refractivity contribution >= 4 is 27.5 Å². The Morgan fingerprint density at radius 3 is 2.94 bits per heavy atom. The maximum atomic E-state index is 11.5. The first-order valence-corrected chi connectivity index (χ1v) is 6.29. The van der Waals surface area contributed by atoms with Gasteiger partial charge in [0.2, 0.25) is 0 Å². The van der Waals surface area contributed by atoms with Crippen LogP contribution in [0.1, 0.15) is 20.3 Å². The highest BCUT2D eigenvalue weighted by Gasteiger charge is 2.08. The minimum absolute atomic E-state index is 0.00755. The zero-order chi connectivity index (χ0) is 12.8. The third kappa shape index (κ3) is 4.65. The van der Waals surface area contributed by atoms with Gasteiger partial charge in [0, 0.05) is 17.8 Å². The number of ether oxygens (including phenoxy) is 1. The summed E-state index contributed by atoms with van der Waals surface area (Å²) in [6.07, 6.45) is 0.897. The molecule has 94 valence electrons. The van der Waals surface area contributed by atoms with Crippen LogP contribution < -0.4 is 15.8 Å². The summed E-state index contributed by atoms with van der Waals surface area (Å²) in [4.78, 5) is 11.5. The van der Waals surface area contributed by atoms with Gasteiger partial charge in [0.25, 0.3) is 5.91 Å². The number of carbonyl (C=O) groups is 1. The second-order valence-corrected chi connectivity index (χ2v) is 4.71. The monoisotopic (exact) mass is 300 g/mol. The highest BCUT2D eigenvalue weighted by atomic mass is 79.9. The van der Waals surface area contributed by atoms with E-state index in [2.05, 4.69) is 21.2 Å². The lowest BCUT2D eigenvalue weighted by Gasteiger charge is -2.12. The number of benzene rings is 1. The predicted octanol–water partition coefficient (Wildman–Crippen LogP) is 2.32. The number of halogens is 1. The molecule has 0 spiro atoms. The molecule has 0 heterocycles. The molecule has 0 fully saturated rings. The van der Waals surface area contributed by atoms with Crippen molar-refractivity contribution in [2.75, 3.05) is 12.3 Å². The number of nitrogen functional groups attached to an aromatic ring is 1. The summed E-state index contributed by atoms with van der Waals surface area (Å²) in [6.45, 7) is 3.96. The van der Waals surface area contributed by atoms with Crippen LogP contribution in [0.5, 0.6) is 5.75 Å². The maximum Gasteiger partial charge on any atom is 0.258 e. The number of hydrogen-bond acceptors (Lipinski definition) is 3. The van der Waals surface area contributed by atoms with Crippen molar-refractivity contribution in [3.8, 4) is 5.75 Å². The van der Waals surface area contributed by atoms with Gasteiger partial charge < -0.3 is 15.8 Å². The van der Waals surface area contributed by atoms with Crippen molar-refractivity contribution in [1.82, 2.24) is 5.32 Å². The average molecular weight is 301 g/mol. The SMILES string of the molecule is CCC(C)NC(=O)COc1cc(N)ccc1Br. The molecule has 4 nitrogen and oxygen atoms in total. The van der Waals surface area contributed by atoms with Gasteiger partial charge in [-0.05, 0) is 41.4 Å². The molecule has 0 bridgehead atoms. The van der Waals surface area contributed by atoms with Crippen molar-refractivity contribution in [3.05, 3.63) is 22.7 Å². The zero-order valence-corrected chi connectivity index (χ0v) is 11.6. The van der Waals surface area contributed by atoms with Crippen LogP contribution in [0.3, 0.4) is 0 Å². The highest BCUT2D eigenvalue weighted by Crippen LogP contribution is 2.26. The smallest absolute Gasteiger partial charge is 0.258 e. The van der Waals surface area contributed by atoms with Gasteiger partial charge in [-0.1, -0.05) is 6.92 Å². The molecule has 3 N–H and O–H groups in total. The first-order valence-electron chi connectivity index (χ1n) is 5.50. The van der Waals surface area contributed by atoms with E-state index >= 15 is 0 Å². The fraction of sp³-hybridized carbons (Fsp3) is 0.417. The van der Waals surface area contributed by atoms with E-state index < -0.39 is 0 Å². The summed E-state index contributed by atoms with van der Waals surface area (Å²) in [5.74, 6) is 0.443. The summed E-state index contributed by atoms with van der Waals surface area (Å²) in [7, 11) is 0. The van der Waals surface area contributed by atoms with Crippen LogP contribution >= 0.6 is 15.9 Å².